The van der Waals surface area contributed by atoms with Gasteiger partial charge in [-0.1, -0.05) is 45.1 Å². The van der Waals surface area contributed by atoms with Crippen molar-refractivity contribution < 1.29 is 14.5 Å². The average Bonchev–Trinajstić information content (AvgIpc) is 2.64. The number of non-ortho nitro benzene ring substituents is 1. The number of nitro benzene ring substituents is 1. The van der Waals surface area contributed by atoms with Crippen molar-refractivity contribution in [3.8, 4) is 0 Å². The first kappa shape index (κ1) is 18.0. The number of nitro groups is 1. The van der Waals surface area contributed by atoms with Crippen molar-refractivity contribution in [1.29, 1.82) is 0 Å². The van der Waals surface area contributed by atoms with E-state index in [9.17, 15) is 19.7 Å². The van der Waals surface area contributed by atoms with E-state index < -0.39 is 4.92 Å². The third-order valence-corrected chi connectivity index (χ3v) is 4.90. The first-order valence-electron chi connectivity index (χ1n) is 9.12. The summed E-state index contributed by atoms with van der Waals surface area (Å²) in [5.41, 5.74) is 0.647. The van der Waals surface area contributed by atoms with Gasteiger partial charge in [0.15, 0.2) is 0 Å². The summed E-state index contributed by atoms with van der Waals surface area (Å²) in [6.07, 6.45) is 6.41. The standard InChI is InChI=1S/C20H22N2O4/c1-2-3-4-5-6-7-13-21-19(23)15-10-8-9-14-17(22(25)26)12-11-16(18(14)15)20(21)24/h8-12H,2-7,13H2,1H3. The van der Waals surface area contributed by atoms with E-state index in [0.717, 1.165) is 19.3 Å². The summed E-state index contributed by atoms with van der Waals surface area (Å²) in [7, 11) is 0. The molecule has 1 aliphatic rings. The van der Waals surface area contributed by atoms with Crippen LogP contribution in [-0.2, 0) is 0 Å². The number of unbranched alkanes of at least 4 members (excludes halogenated alkanes) is 5. The number of imide groups is 1. The molecule has 0 unspecified atom stereocenters. The molecule has 0 aromatic heterocycles. The average molecular weight is 354 g/mol. The molecule has 0 saturated carbocycles. The highest BCUT2D eigenvalue weighted by atomic mass is 16.6. The molecule has 1 aliphatic heterocycles. The van der Waals surface area contributed by atoms with Gasteiger partial charge in [-0.05, 0) is 24.6 Å². The first-order chi connectivity index (χ1) is 12.6. The highest BCUT2D eigenvalue weighted by Gasteiger charge is 2.34. The first-order valence-corrected chi connectivity index (χ1v) is 9.12. The fraction of sp³-hybridized carbons (Fsp3) is 0.400. The van der Waals surface area contributed by atoms with Gasteiger partial charge in [-0.2, -0.15) is 0 Å². The molecule has 6 heteroatoms. The van der Waals surface area contributed by atoms with Crippen LogP contribution in [0.15, 0.2) is 30.3 Å². The fourth-order valence-corrected chi connectivity index (χ4v) is 3.54. The molecule has 0 saturated heterocycles. The van der Waals surface area contributed by atoms with Crippen LogP contribution in [0.25, 0.3) is 10.8 Å². The summed E-state index contributed by atoms with van der Waals surface area (Å²) in [6.45, 7) is 2.55. The number of hydrogen-bond acceptors (Lipinski definition) is 4. The number of carbonyl (C=O) groups is 2. The molecule has 0 radical (unpaired) electrons. The maximum atomic E-state index is 12.8. The van der Waals surface area contributed by atoms with Crippen LogP contribution >= 0.6 is 0 Å². The highest BCUT2D eigenvalue weighted by molar-refractivity contribution is 6.26. The van der Waals surface area contributed by atoms with E-state index in [4.69, 9.17) is 0 Å². The van der Waals surface area contributed by atoms with Crippen LogP contribution in [0.2, 0.25) is 0 Å². The van der Waals surface area contributed by atoms with Crippen LogP contribution in [0, 0.1) is 10.1 Å². The Bertz CT molecular complexity index is 853. The molecule has 2 amide bonds. The Hall–Kier alpha value is -2.76. The lowest BCUT2D eigenvalue weighted by atomic mass is 9.93. The zero-order chi connectivity index (χ0) is 18.7. The molecule has 0 bridgehead atoms. The number of carbonyl (C=O) groups excluding carboxylic acids is 2. The van der Waals surface area contributed by atoms with Gasteiger partial charge in [-0.25, -0.2) is 0 Å². The van der Waals surface area contributed by atoms with E-state index >= 15 is 0 Å². The largest absolute Gasteiger partial charge is 0.277 e. The summed E-state index contributed by atoms with van der Waals surface area (Å²) < 4.78 is 0. The van der Waals surface area contributed by atoms with E-state index in [1.165, 1.54) is 36.3 Å². The molecule has 1 heterocycles. The minimum absolute atomic E-state index is 0.0874. The number of hydrogen-bond donors (Lipinski definition) is 0. The van der Waals surface area contributed by atoms with Gasteiger partial charge in [-0.3, -0.25) is 24.6 Å². The molecule has 0 spiro atoms. The van der Waals surface area contributed by atoms with E-state index in [0.29, 0.717) is 28.4 Å². The van der Waals surface area contributed by atoms with Gasteiger partial charge < -0.3 is 0 Å². The number of amides is 2. The number of benzene rings is 2. The van der Waals surface area contributed by atoms with Crippen molar-refractivity contribution in [3.63, 3.8) is 0 Å². The molecule has 0 atom stereocenters. The lowest BCUT2D eigenvalue weighted by molar-refractivity contribution is -0.383. The van der Waals surface area contributed by atoms with Crippen LogP contribution < -0.4 is 0 Å². The zero-order valence-corrected chi connectivity index (χ0v) is 14.9. The monoisotopic (exact) mass is 354 g/mol. The molecule has 26 heavy (non-hydrogen) atoms. The number of rotatable bonds is 8. The topological polar surface area (TPSA) is 80.5 Å². The van der Waals surface area contributed by atoms with E-state index in [-0.39, 0.29) is 17.5 Å². The second-order valence-corrected chi connectivity index (χ2v) is 6.65. The second kappa shape index (κ2) is 7.64. The lowest BCUT2D eigenvalue weighted by Gasteiger charge is -2.27. The molecule has 6 nitrogen and oxygen atoms in total. The smallest absolute Gasteiger partial charge is 0.274 e. The SMILES string of the molecule is CCCCCCCCN1C(=O)c2cccc3c([N+](=O)[O-])ccc(c23)C1=O. The predicted molar refractivity (Wildman–Crippen MR) is 99.3 cm³/mol. The summed E-state index contributed by atoms with van der Waals surface area (Å²) in [6, 6.07) is 7.67. The second-order valence-electron chi connectivity index (χ2n) is 6.65. The van der Waals surface area contributed by atoms with Gasteiger partial charge in [0.25, 0.3) is 17.5 Å². The van der Waals surface area contributed by atoms with Crippen LogP contribution in [0.1, 0.15) is 66.2 Å². The van der Waals surface area contributed by atoms with E-state index in [1.54, 1.807) is 18.2 Å². The van der Waals surface area contributed by atoms with Gasteiger partial charge in [0.2, 0.25) is 0 Å². The molecular weight excluding hydrogens is 332 g/mol. The fourth-order valence-electron chi connectivity index (χ4n) is 3.54. The van der Waals surface area contributed by atoms with Gasteiger partial charge in [0, 0.05) is 29.1 Å². The van der Waals surface area contributed by atoms with E-state index in [1.807, 2.05) is 0 Å². The summed E-state index contributed by atoms with van der Waals surface area (Å²) >= 11 is 0. The Labute approximate surface area is 151 Å². The maximum Gasteiger partial charge on any atom is 0.277 e. The number of nitrogens with zero attached hydrogens (tertiary/aromatic N) is 2. The minimum atomic E-state index is -0.486. The Balaban J connectivity index is 1.86. The Morgan fingerprint density at radius 1 is 0.923 bits per heavy atom. The summed E-state index contributed by atoms with van der Waals surface area (Å²) in [5.74, 6) is -0.718. The quantitative estimate of drug-likeness (QED) is 0.298. The molecule has 136 valence electrons. The maximum absolute atomic E-state index is 12.8. The van der Waals surface area contributed by atoms with Gasteiger partial charge in [0.05, 0.1) is 10.3 Å². The van der Waals surface area contributed by atoms with Crippen LogP contribution in [0.3, 0.4) is 0 Å². The van der Waals surface area contributed by atoms with Gasteiger partial charge >= 0.3 is 0 Å². The molecule has 0 fully saturated rings. The summed E-state index contributed by atoms with van der Waals surface area (Å²) in [4.78, 5) is 37.6. The zero-order valence-electron chi connectivity index (χ0n) is 14.9. The Kier molecular flexibility index (Phi) is 5.30. The molecule has 0 N–H and O–H groups in total. The molecule has 2 aromatic rings. The van der Waals surface area contributed by atoms with Crippen molar-refractivity contribution in [2.75, 3.05) is 6.54 Å². The Morgan fingerprint density at radius 2 is 1.58 bits per heavy atom. The van der Waals surface area contributed by atoms with Crippen molar-refractivity contribution >= 4 is 28.3 Å². The van der Waals surface area contributed by atoms with Crippen LogP contribution in [0.5, 0.6) is 0 Å². The van der Waals surface area contributed by atoms with Crippen LogP contribution in [0.4, 0.5) is 5.69 Å². The van der Waals surface area contributed by atoms with E-state index in [2.05, 4.69) is 6.92 Å². The van der Waals surface area contributed by atoms with Crippen molar-refractivity contribution in [3.05, 3.63) is 51.6 Å². The van der Waals surface area contributed by atoms with Crippen molar-refractivity contribution in [2.45, 2.75) is 45.4 Å². The summed E-state index contributed by atoms with van der Waals surface area (Å²) in [5, 5.41) is 12.0. The van der Waals surface area contributed by atoms with Crippen LogP contribution in [-0.4, -0.2) is 28.2 Å². The lowest BCUT2D eigenvalue weighted by Crippen LogP contribution is -2.40. The van der Waals surface area contributed by atoms with Gasteiger partial charge in [-0.15, -0.1) is 0 Å². The third kappa shape index (κ3) is 3.19. The van der Waals surface area contributed by atoms with Crippen molar-refractivity contribution in [1.82, 2.24) is 4.90 Å². The predicted octanol–water partition coefficient (Wildman–Crippen LogP) is 4.70. The normalized spacial score (nSPS) is 13.5. The third-order valence-electron chi connectivity index (χ3n) is 4.90. The molecule has 3 rings (SSSR count). The minimum Gasteiger partial charge on any atom is -0.274 e. The van der Waals surface area contributed by atoms with Crippen molar-refractivity contribution in [2.24, 2.45) is 0 Å². The van der Waals surface area contributed by atoms with Gasteiger partial charge in [0.1, 0.15) is 0 Å². The Morgan fingerprint density at radius 3 is 2.27 bits per heavy atom. The molecule has 0 aliphatic carbocycles. The molecule has 2 aromatic carbocycles. The molecular formula is C20H22N2O4. The highest BCUT2D eigenvalue weighted by Crippen LogP contribution is 2.35.